The maximum atomic E-state index is 13.0. The van der Waals surface area contributed by atoms with Crippen molar-refractivity contribution in [3.63, 3.8) is 0 Å². The van der Waals surface area contributed by atoms with Gasteiger partial charge in [-0.2, -0.15) is 4.31 Å². The lowest BCUT2D eigenvalue weighted by Gasteiger charge is -2.34. The fraction of sp³-hybridized carbons (Fsp3) is 0.300. The first kappa shape index (κ1) is 18.6. The van der Waals surface area contributed by atoms with Gasteiger partial charge in [0, 0.05) is 19.2 Å². The molecule has 0 saturated carbocycles. The van der Waals surface area contributed by atoms with E-state index in [1.807, 2.05) is 24.3 Å². The van der Waals surface area contributed by atoms with E-state index in [-0.39, 0.29) is 18.2 Å². The fourth-order valence-corrected chi connectivity index (χ4v) is 4.75. The van der Waals surface area contributed by atoms with Crippen molar-refractivity contribution in [1.82, 2.24) is 9.29 Å². The molecule has 3 aromatic rings. The molecule has 0 spiro atoms. The number of nitrogens with zero attached hydrogens (tertiary/aromatic N) is 2. The summed E-state index contributed by atoms with van der Waals surface area (Å²) < 4.78 is 32.0. The zero-order valence-corrected chi connectivity index (χ0v) is 16.5. The number of sulfonamides is 1. The van der Waals surface area contributed by atoms with Crippen LogP contribution in [0.5, 0.6) is 0 Å². The van der Waals surface area contributed by atoms with Crippen LogP contribution in [0, 0.1) is 6.92 Å². The van der Waals surface area contributed by atoms with Gasteiger partial charge >= 0.3 is 0 Å². The molecule has 4 rings (SSSR count). The van der Waals surface area contributed by atoms with Gasteiger partial charge in [-0.1, -0.05) is 24.3 Å². The molecular weight excluding hydrogens is 378 g/mol. The minimum absolute atomic E-state index is 0.0525. The Hall–Kier alpha value is -2.71. The highest BCUT2D eigenvalue weighted by atomic mass is 32.2. The number of hydrogen-bond acceptors (Lipinski definition) is 5. The van der Waals surface area contributed by atoms with Crippen LogP contribution in [0.2, 0.25) is 0 Å². The Morgan fingerprint density at radius 2 is 2.00 bits per heavy atom. The number of nitrogens with one attached hydrogen (secondary N) is 1. The zero-order valence-electron chi connectivity index (χ0n) is 15.7. The van der Waals surface area contributed by atoms with Crippen molar-refractivity contribution in [1.29, 1.82) is 0 Å². The second kappa shape index (κ2) is 7.03. The van der Waals surface area contributed by atoms with Gasteiger partial charge in [-0.15, -0.1) is 0 Å². The molecule has 1 N–H and O–H groups in total. The standard InChI is InChI=1S/C20H21N3O4S/c1-3-28(25,26)23-12-15-7-5-4-6-14(15)10-18(23)20(24)22-16-8-9-19-17(11-16)21-13(2)27-19/h4-9,11,18H,3,10,12H2,1-2H3,(H,22,24). The number of hydrogen-bond donors (Lipinski definition) is 1. The number of fused-ring (bicyclic) bond motifs is 2. The molecule has 8 heteroatoms. The molecule has 0 radical (unpaired) electrons. The van der Waals surface area contributed by atoms with Gasteiger partial charge in [0.2, 0.25) is 15.9 Å². The number of rotatable bonds is 4. The second-order valence-electron chi connectivity index (χ2n) is 6.84. The van der Waals surface area contributed by atoms with Crippen LogP contribution < -0.4 is 5.32 Å². The van der Waals surface area contributed by atoms with Crippen LogP contribution in [0.3, 0.4) is 0 Å². The van der Waals surface area contributed by atoms with Crippen LogP contribution in [-0.4, -0.2) is 35.4 Å². The maximum absolute atomic E-state index is 13.0. The van der Waals surface area contributed by atoms with Crippen molar-refractivity contribution in [2.24, 2.45) is 0 Å². The molecule has 28 heavy (non-hydrogen) atoms. The van der Waals surface area contributed by atoms with Crippen molar-refractivity contribution in [2.75, 3.05) is 11.1 Å². The van der Waals surface area contributed by atoms with Gasteiger partial charge in [0.1, 0.15) is 11.6 Å². The third kappa shape index (κ3) is 3.41. The molecule has 2 aromatic carbocycles. The Bertz CT molecular complexity index is 1150. The smallest absolute Gasteiger partial charge is 0.243 e. The van der Waals surface area contributed by atoms with Gasteiger partial charge in [-0.25, -0.2) is 13.4 Å². The third-order valence-corrected chi connectivity index (χ3v) is 6.82. The van der Waals surface area contributed by atoms with Crippen molar-refractivity contribution in [3.8, 4) is 0 Å². The highest BCUT2D eigenvalue weighted by Gasteiger charge is 2.37. The minimum Gasteiger partial charge on any atom is -0.441 e. The predicted molar refractivity (Wildman–Crippen MR) is 106 cm³/mol. The molecule has 2 heterocycles. The van der Waals surface area contributed by atoms with E-state index in [1.54, 1.807) is 32.0 Å². The third-order valence-electron chi connectivity index (χ3n) is 4.99. The van der Waals surface area contributed by atoms with E-state index in [0.717, 1.165) is 11.1 Å². The normalized spacial score (nSPS) is 17.4. The number of oxazole rings is 1. The molecular formula is C20H21N3O4S. The monoisotopic (exact) mass is 399 g/mol. The Kier molecular flexibility index (Phi) is 4.68. The summed E-state index contributed by atoms with van der Waals surface area (Å²) in [7, 11) is -3.54. The van der Waals surface area contributed by atoms with Crippen LogP contribution in [-0.2, 0) is 27.8 Å². The van der Waals surface area contributed by atoms with Crippen molar-refractivity contribution in [3.05, 3.63) is 59.5 Å². The Morgan fingerprint density at radius 3 is 2.75 bits per heavy atom. The first-order chi connectivity index (χ1) is 13.4. The van der Waals surface area contributed by atoms with E-state index in [4.69, 9.17) is 4.42 Å². The quantitative estimate of drug-likeness (QED) is 0.728. The largest absolute Gasteiger partial charge is 0.441 e. The number of amides is 1. The summed E-state index contributed by atoms with van der Waals surface area (Å²) in [5, 5.41) is 2.84. The SMILES string of the molecule is CCS(=O)(=O)N1Cc2ccccc2CC1C(=O)Nc1ccc2oc(C)nc2c1. The molecule has 1 unspecified atom stereocenters. The fourth-order valence-electron chi connectivity index (χ4n) is 3.53. The zero-order chi connectivity index (χ0) is 19.9. The molecule has 1 atom stereocenters. The maximum Gasteiger partial charge on any atom is 0.243 e. The van der Waals surface area contributed by atoms with E-state index >= 15 is 0 Å². The minimum atomic E-state index is -3.54. The first-order valence-electron chi connectivity index (χ1n) is 9.12. The molecule has 7 nitrogen and oxygen atoms in total. The van der Waals surface area contributed by atoms with Gasteiger partial charge in [-0.3, -0.25) is 4.79 Å². The number of carbonyl (C=O) groups excluding carboxylic acids is 1. The Labute approximate surface area is 163 Å². The summed E-state index contributed by atoms with van der Waals surface area (Å²) in [4.78, 5) is 17.3. The van der Waals surface area contributed by atoms with E-state index in [1.165, 1.54) is 4.31 Å². The van der Waals surface area contributed by atoms with E-state index in [2.05, 4.69) is 10.3 Å². The first-order valence-corrected chi connectivity index (χ1v) is 10.7. The van der Waals surface area contributed by atoms with Crippen LogP contribution >= 0.6 is 0 Å². The number of aromatic nitrogens is 1. The highest BCUT2D eigenvalue weighted by Crippen LogP contribution is 2.27. The summed E-state index contributed by atoms with van der Waals surface area (Å²) in [6, 6.07) is 12.0. The van der Waals surface area contributed by atoms with Crippen molar-refractivity contribution < 1.29 is 17.6 Å². The van der Waals surface area contributed by atoms with Crippen LogP contribution in [0.1, 0.15) is 23.9 Å². The second-order valence-corrected chi connectivity index (χ2v) is 9.05. The number of carbonyl (C=O) groups is 1. The molecule has 0 aliphatic carbocycles. The van der Waals surface area contributed by atoms with Crippen LogP contribution in [0.25, 0.3) is 11.1 Å². The van der Waals surface area contributed by atoms with E-state index in [9.17, 15) is 13.2 Å². The van der Waals surface area contributed by atoms with E-state index < -0.39 is 16.1 Å². The Morgan fingerprint density at radius 1 is 1.25 bits per heavy atom. The Balaban J connectivity index is 1.64. The lowest BCUT2D eigenvalue weighted by Crippen LogP contribution is -2.51. The molecule has 0 bridgehead atoms. The van der Waals surface area contributed by atoms with Crippen LogP contribution in [0.4, 0.5) is 5.69 Å². The average Bonchev–Trinajstić information content (AvgIpc) is 3.06. The summed E-state index contributed by atoms with van der Waals surface area (Å²) in [6.45, 7) is 3.54. The van der Waals surface area contributed by atoms with Gasteiger partial charge in [0.05, 0.1) is 5.75 Å². The molecule has 0 saturated heterocycles. The molecule has 0 fully saturated rings. The summed E-state index contributed by atoms with van der Waals surface area (Å²) in [5.41, 5.74) is 3.76. The number of anilines is 1. The summed E-state index contributed by atoms with van der Waals surface area (Å²) in [6.07, 6.45) is 0.340. The summed E-state index contributed by atoms with van der Waals surface area (Å²) >= 11 is 0. The molecule has 1 aromatic heterocycles. The average molecular weight is 399 g/mol. The van der Waals surface area contributed by atoms with Gasteiger partial charge in [0.15, 0.2) is 11.5 Å². The lowest BCUT2D eigenvalue weighted by atomic mass is 9.95. The van der Waals surface area contributed by atoms with Gasteiger partial charge < -0.3 is 9.73 Å². The van der Waals surface area contributed by atoms with Crippen molar-refractivity contribution >= 4 is 32.7 Å². The molecule has 1 aliphatic heterocycles. The van der Waals surface area contributed by atoms with Gasteiger partial charge in [0.25, 0.3) is 0 Å². The van der Waals surface area contributed by atoms with E-state index in [0.29, 0.717) is 29.1 Å². The molecule has 1 aliphatic rings. The molecule has 1 amide bonds. The van der Waals surface area contributed by atoms with Crippen molar-refractivity contribution in [2.45, 2.75) is 32.9 Å². The topological polar surface area (TPSA) is 92.5 Å². The number of benzene rings is 2. The highest BCUT2D eigenvalue weighted by molar-refractivity contribution is 7.89. The van der Waals surface area contributed by atoms with Gasteiger partial charge in [-0.05, 0) is 42.7 Å². The van der Waals surface area contributed by atoms with Crippen LogP contribution in [0.15, 0.2) is 46.9 Å². The summed E-state index contributed by atoms with van der Waals surface area (Å²) in [5.74, 6) is 0.136. The lowest BCUT2D eigenvalue weighted by molar-refractivity contribution is -0.120. The molecule has 146 valence electrons. The number of aryl methyl sites for hydroxylation is 1. The predicted octanol–water partition coefficient (Wildman–Crippen LogP) is 2.85.